The predicted molar refractivity (Wildman–Crippen MR) is 78.5 cm³/mol. The fraction of sp³-hybridized carbons (Fsp3) is 0.235. The van der Waals surface area contributed by atoms with Crippen molar-refractivity contribution in [3.63, 3.8) is 0 Å². The second-order valence-electron chi connectivity index (χ2n) is 5.07. The number of aromatic amines is 1. The Hall–Kier alpha value is -2.27. The molecule has 1 aromatic heterocycles. The summed E-state index contributed by atoms with van der Waals surface area (Å²) in [5, 5.41) is 10.2. The van der Waals surface area contributed by atoms with Gasteiger partial charge in [-0.3, -0.25) is 0 Å². The summed E-state index contributed by atoms with van der Waals surface area (Å²) in [4.78, 5) is 3.29. The number of hydrogen-bond donors (Lipinski definition) is 1. The first kappa shape index (κ1) is 11.8. The Morgan fingerprint density at radius 3 is 3.00 bits per heavy atom. The number of fused-ring (bicyclic) bond motifs is 1. The van der Waals surface area contributed by atoms with Crippen molar-refractivity contribution >= 4 is 16.5 Å². The summed E-state index contributed by atoms with van der Waals surface area (Å²) in [7, 11) is 0. The fourth-order valence-electron chi connectivity index (χ4n) is 2.77. The zero-order chi connectivity index (χ0) is 13.2. The molecule has 0 spiro atoms. The Kier molecular flexibility index (Phi) is 2.97. The molecular formula is C17H16N2. The second-order valence-corrected chi connectivity index (χ2v) is 5.07. The molecule has 1 atom stereocenters. The molecule has 2 nitrogen and oxygen atoms in total. The Balaban J connectivity index is 2.04. The third-order valence-corrected chi connectivity index (χ3v) is 3.94. The molecule has 1 aromatic carbocycles. The molecule has 3 rings (SSSR count). The standard InChI is InChI=1S/C17H16N2/c1-2-12-3-6-14(7-4-12)16-11-19-17-8-5-13(10-18)9-15(16)17/h2,5-6,8-9,11-12,19H,1,3-4,7H2. The Morgan fingerprint density at radius 1 is 1.42 bits per heavy atom. The van der Waals surface area contributed by atoms with Crippen LogP contribution in [0, 0.1) is 17.2 Å². The first-order valence-corrected chi connectivity index (χ1v) is 6.65. The molecule has 19 heavy (non-hydrogen) atoms. The third kappa shape index (κ3) is 2.08. The number of nitrogens with one attached hydrogen (secondary N) is 1. The molecule has 1 unspecified atom stereocenters. The van der Waals surface area contributed by atoms with E-state index < -0.39 is 0 Å². The van der Waals surface area contributed by atoms with Crippen LogP contribution in [0.25, 0.3) is 16.5 Å². The number of H-pyrrole nitrogens is 1. The van der Waals surface area contributed by atoms with Crippen molar-refractivity contribution in [2.45, 2.75) is 19.3 Å². The van der Waals surface area contributed by atoms with E-state index in [4.69, 9.17) is 5.26 Å². The lowest BCUT2D eigenvalue weighted by molar-refractivity contribution is 0.593. The van der Waals surface area contributed by atoms with Crippen LogP contribution in [-0.4, -0.2) is 4.98 Å². The van der Waals surface area contributed by atoms with Gasteiger partial charge in [0.2, 0.25) is 0 Å². The quantitative estimate of drug-likeness (QED) is 0.786. The number of aromatic nitrogens is 1. The van der Waals surface area contributed by atoms with Gasteiger partial charge in [-0.1, -0.05) is 12.2 Å². The van der Waals surface area contributed by atoms with E-state index in [1.165, 1.54) is 17.6 Å². The van der Waals surface area contributed by atoms with Gasteiger partial charge in [-0.15, -0.1) is 6.58 Å². The number of nitrogens with zero attached hydrogens (tertiary/aromatic N) is 1. The van der Waals surface area contributed by atoms with E-state index in [-0.39, 0.29) is 0 Å². The molecule has 0 bridgehead atoms. The van der Waals surface area contributed by atoms with Crippen molar-refractivity contribution in [2.24, 2.45) is 5.92 Å². The predicted octanol–water partition coefficient (Wildman–Crippen LogP) is 4.41. The molecule has 0 amide bonds. The van der Waals surface area contributed by atoms with Gasteiger partial charge in [0.1, 0.15) is 0 Å². The smallest absolute Gasteiger partial charge is 0.0991 e. The van der Waals surface area contributed by atoms with Crippen molar-refractivity contribution in [3.05, 3.63) is 54.3 Å². The molecule has 1 aliphatic carbocycles. The summed E-state index contributed by atoms with van der Waals surface area (Å²) in [5.74, 6) is 0.614. The molecular weight excluding hydrogens is 232 g/mol. The van der Waals surface area contributed by atoms with Crippen LogP contribution in [-0.2, 0) is 0 Å². The van der Waals surface area contributed by atoms with Gasteiger partial charge in [0.25, 0.3) is 0 Å². The summed E-state index contributed by atoms with van der Waals surface area (Å²) < 4.78 is 0. The lowest BCUT2D eigenvalue weighted by atomic mass is 9.86. The lowest BCUT2D eigenvalue weighted by Gasteiger charge is -2.18. The van der Waals surface area contributed by atoms with Crippen LogP contribution >= 0.6 is 0 Å². The molecule has 0 radical (unpaired) electrons. The molecule has 1 N–H and O–H groups in total. The summed E-state index contributed by atoms with van der Waals surface area (Å²) in [5.41, 5.74) is 4.45. The highest BCUT2D eigenvalue weighted by Crippen LogP contribution is 2.34. The normalized spacial score (nSPS) is 18.9. The third-order valence-electron chi connectivity index (χ3n) is 3.94. The number of nitriles is 1. The molecule has 94 valence electrons. The number of allylic oxidation sites excluding steroid dienone is 3. The largest absolute Gasteiger partial charge is 0.361 e. The molecule has 2 aromatic rings. The summed E-state index contributed by atoms with van der Waals surface area (Å²) in [6, 6.07) is 8.01. The summed E-state index contributed by atoms with van der Waals surface area (Å²) in [6.45, 7) is 3.87. The minimum Gasteiger partial charge on any atom is -0.361 e. The maximum absolute atomic E-state index is 9.02. The first-order chi connectivity index (χ1) is 9.31. The number of rotatable bonds is 2. The molecule has 2 heteroatoms. The van der Waals surface area contributed by atoms with Crippen molar-refractivity contribution in [1.82, 2.24) is 4.98 Å². The average molecular weight is 248 g/mol. The van der Waals surface area contributed by atoms with Gasteiger partial charge in [-0.2, -0.15) is 5.26 Å². The SMILES string of the molecule is C=CC1CC=C(c2c[nH]c3ccc(C#N)cc23)CC1. The van der Waals surface area contributed by atoms with E-state index >= 15 is 0 Å². The molecule has 0 saturated carbocycles. The van der Waals surface area contributed by atoms with Crippen LogP contribution in [0.5, 0.6) is 0 Å². The van der Waals surface area contributed by atoms with Crippen LogP contribution < -0.4 is 0 Å². The van der Waals surface area contributed by atoms with Crippen LogP contribution in [0.3, 0.4) is 0 Å². The van der Waals surface area contributed by atoms with E-state index in [0.717, 1.165) is 23.7 Å². The molecule has 1 aliphatic rings. The van der Waals surface area contributed by atoms with E-state index in [1.54, 1.807) is 0 Å². The van der Waals surface area contributed by atoms with Crippen LogP contribution in [0.15, 0.2) is 43.1 Å². The Morgan fingerprint density at radius 2 is 2.32 bits per heavy atom. The van der Waals surface area contributed by atoms with E-state index in [9.17, 15) is 0 Å². The molecule has 0 aliphatic heterocycles. The molecule has 0 fully saturated rings. The van der Waals surface area contributed by atoms with Gasteiger partial charge in [-0.25, -0.2) is 0 Å². The summed E-state index contributed by atoms with van der Waals surface area (Å²) >= 11 is 0. The highest BCUT2D eigenvalue weighted by Gasteiger charge is 2.15. The van der Waals surface area contributed by atoms with Crippen molar-refractivity contribution in [2.75, 3.05) is 0 Å². The maximum atomic E-state index is 9.02. The Bertz CT molecular complexity index is 698. The number of benzene rings is 1. The highest BCUT2D eigenvalue weighted by atomic mass is 14.7. The molecule has 0 saturated heterocycles. The zero-order valence-electron chi connectivity index (χ0n) is 10.8. The fourth-order valence-corrected chi connectivity index (χ4v) is 2.77. The zero-order valence-corrected chi connectivity index (χ0v) is 10.8. The summed E-state index contributed by atoms with van der Waals surface area (Å²) in [6.07, 6.45) is 9.75. The van der Waals surface area contributed by atoms with Crippen molar-refractivity contribution in [1.29, 1.82) is 5.26 Å². The van der Waals surface area contributed by atoms with Gasteiger partial charge >= 0.3 is 0 Å². The van der Waals surface area contributed by atoms with Crippen LogP contribution in [0.2, 0.25) is 0 Å². The van der Waals surface area contributed by atoms with E-state index in [0.29, 0.717) is 11.5 Å². The van der Waals surface area contributed by atoms with Gasteiger partial charge < -0.3 is 4.98 Å². The Labute approximate surface area is 113 Å². The van der Waals surface area contributed by atoms with Crippen LogP contribution in [0.1, 0.15) is 30.4 Å². The maximum Gasteiger partial charge on any atom is 0.0991 e. The van der Waals surface area contributed by atoms with Gasteiger partial charge in [0.15, 0.2) is 0 Å². The number of hydrogen-bond acceptors (Lipinski definition) is 1. The first-order valence-electron chi connectivity index (χ1n) is 6.65. The van der Waals surface area contributed by atoms with Crippen LogP contribution in [0.4, 0.5) is 0 Å². The molecule has 1 heterocycles. The van der Waals surface area contributed by atoms with Crippen molar-refractivity contribution in [3.8, 4) is 6.07 Å². The van der Waals surface area contributed by atoms with Crippen molar-refractivity contribution < 1.29 is 0 Å². The van der Waals surface area contributed by atoms with Gasteiger partial charge in [0.05, 0.1) is 11.6 Å². The lowest BCUT2D eigenvalue weighted by Crippen LogP contribution is -2.01. The minimum absolute atomic E-state index is 0.614. The monoisotopic (exact) mass is 248 g/mol. The minimum atomic E-state index is 0.614. The highest BCUT2D eigenvalue weighted by molar-refractivity contribution is 5.93. The topological polar surface area (TPSA) is 39.6 Å². The van der Waals surface area contributed by atoms with Gasteiger partial charge in [0, 0.05) is 22.7 Å². The van der Waals surface area contributed by atoms with E-state index in [2.05, 4.69) is 36.0 Å². The van der Waals surface area contributed by atoms with Gasteiger partial charge in [-0.05, 0) is 49.0 Å². The van der Waals surface area contributed by atoms with E-state index in [1.807, 2.05) is 18.2 Å². The average Bonchev–Trinajstić information content (AvgIpc) is 2.90. The second kappa shape index (κ2) is 4.78.